The molecule has 25 heavy (non-hydrogen) atoms. The van der Waals surface area contributed by atoms with E-state index in [9.17, 15) is 4.79 Å². The van der Waals surface area contributed by atoms with Gasteiger partial charge in [-0.2, -0.15) is 5.10 Å². The molecule has 4 rings (SSSR count). The smallest absolute Gasteiger partial charge is 0.266 e. The van der Waals surface area contributed by atoms with E-state index >= 15 is 0 Å². The highest BCUT2D eigenvalue weighted by molar-refractivity contribution is 5.56. The van der Waals surface area contributed by atoms with Crippen molar-refractivity contribution in [1.82, 2.24) is 24.8 Å². The number of rotatable bonds is 5. The molecule has 3 aromatic rings. The first-order valence-electron chi connectivity index (χ1n) is 8.40. The maximum atomic E-state index is 12.3. The summed E-state index contributed by atoms with van der Waals surface area (Å²) >= 11 is 0. The first-order valence-corrected chi connectivity index (χ1v) is 8.40. The Balaban J connectivity index is 1.54. The van der Waals surface area contributed by atoms with E-state index in [0.717, 1.165) is 42.8 Å². The van der Waals surface area contributed by atoms with Gasteiger partial charge in [0, 0.05) is 42.2 Å². The van der Waals surface area contributed by atoms with Crippen molar-refractivity contribution in [2.24, 2.45) is 0 Å². The van der Waals surface area contributed by atoms with Gasteiger partial charge in [-0.1, -0.05) is 5.16 Å². The lowest BCUT2D eigenvalue weighted by atomic mass is 10.2. The number of pyridine rings is 1. The Kier molecular flexibility index (Phi) is 4.39. The maximum Gasteiger partial charge on any atom is 0.266 e. The molecule has 1 saturated heterocycles. The molecule has 1 aliphatic rings. The molecule has 7 heteroatoms. The summed E-state index contributed by atoms with van der Waals surface area (Å²) in [6, 6.07) is 7.42. The van der Waals surface area contributed by atoms with Gasteiger partial charge in [-0.05, 0) is 37.6 Å². The van der Waals surface area contributed by atoms with Crippen LogP contribution in [0.3, 0.4) is 0 Å². The number of aromatic nitrogens is 4. The van der Waals surface area contributed by atoms with Crippen molar-refractivity contribution in [3.63, 3.8) is 0 Å². The number of hydrogen-bond donors (Lipinski definition) is 0. The summed E-state index contributed by atoms with van der Waals surface area (Å²) in [6.07, 6.45) is 9.06. The first kappa shape index (κ1) is 15.7. The molecule has 0 amide bonds. The Labute approximate surface area is 144 Å². The van der Waals surface area contributed by atoms with Crippen LogP contribution in [-0.2, 0) is 13.1 Å². The van der Waals surface area contributed by atoms with E-state index in [2.05, 4.69) is 20.1 Å². The monoisotopic (exact) mass is 337 g/mol. The fraction of sp³-hybridized carbons (Fsp3) is 0.333. The number of hydrogen-bond acceptors (Lipinski definition) is 6. The Morgan fingerprint density at radius 1 is 1.24 bits per heavy atom. The lowest BCUT2D eigenvalue weighted by molar-refractivity contribution is 0.216. The molecule has 0 saturated carbocycles. The quantitative estimate of drug-likeness (QED) is 0.708. The molecular formula is C18H19N5O2. The van der Waals surface area contributed by atoms with E-state index in [4.69, 9.17) is 4.52 Å². The van der Waals surface area contributed by atoms with Crippen molar-refractivity contribution in [3.8, 4) is 11.3 Å². The molecule has 0 N–H and O–H groups in total. The van der Waals surface area contributed by atoms with Crippen LogP contribution in [0.1, 0.15) is 18.4 Å². The molecule has 1 atom stereocenters. The summed E-state index contributed by atoms with van der Waals surface area (Å²) < 4.78 is 6.48. The number of likely N-dealkylation sites (tertiary alicyclic amines) is 1. The van der Waals surface area contributed by atoms with Gasteiger partial charge in [-0.25, -0.2) is 4.68 Å². The summed E-state index contributed by atoms with van der Waals surface area (Å²) in [5.74, 6) is 0. The Hall–Kier alpha value is -2.80. The molecule has 1 unspecified atom stereocenters. The van der Waals surface area contributed by atoms with Crippen LogP contribution in [0.2, 0.25) is 0 Å². The summed E-state index contributed by atoms with van der Waals surface area (Å²) in [7, 11) is 0. The van der Waals surface area contributed by atoms with Gasteiger partial charge in [0.25, 0.3) is 5.56 Å². The van der Waals surface area contributed by atoms with Crippen molar-refractivity contribution in [2.45, 2.75) is 32.0 Å². The molecule has 128 valence electrons. The number of nitrogens with zero attached hydrogens (tertiary/aromatic N) is 5. The van der Waals surface area contributed by atoms with E-state index in [1.54, 1.807) is 41.7 Å². The van der Waals surface area contributed by atoms with Gasteiger partial charge >= 0.3 is 0 Å². The zero-order valence-electron chi connectivity index (χ0n) is 13.8. The van der Waals surface area contributed by atoms with Crippen LogP contribution in [0.15, 0.2) is 58.4 Å². The van der Waals surface area contributed by atoms with Gasteiger partial charge in [0.05, 0.1) is 18.4 Å². The third-order valence-corrected chi connectivity index (χ3v) is 4.58. The second-order valence-electron chi connectivity index (χ2n) is 6.28. The molecule has 0 aliphatic carbocycles. The second-order valence-corrected chi connectivity index (χ2v) is 6.28. The predicted octanol–water partition coefficient (Wildman–Crippen LogP) is 1.96. The highest BCUT2D eigenvalue weighted by Gasteiger charge is 2.26. The van der Waals surface area contributed by atoms with E-state index < -0.39 is 0 Å². The van der Waals surface area contributed by atoms with Gasteiger partial charge in [0.15, 0.2) is 0 Å². The van der Waals surface area contributed by atoms with E-state index in [1.807, 2.05) is 12.1 Å². The van der Waals surface area contributed by atoms with Crippen LogP contribution in [0.5, 0.6) is 0 Å². The fourth-order valence-corrected chi connectivity index (χ4v) is 3.30. The summed E-state index contributed by atoms with van der Waals surface area (Å²) in [5.41, 5.74) is 2.64. The molecule has 0 aromatic carbocycles. The third kappa shape index (κ3) is 3.51. The minimum atomic E-state index is -0.0792. The van der Waals surface area contributed by atoms with Gasteiger partial charge in [0.1, 0.15) is 6.26 Å². The van der Waals surface area contributed by atoms with Crippen molar-refractivity contribution < 1.29 is 4.52 Å². The molecule has 0 spiro atoms. The molecule has 0 radical (unpaired) electrons. The van der Waals surface area contributed by atoms with Crippen LogP contribution in [0, 0.1) is 0 Å². The lowest BCUT2D eigenvalue weighted by Gasteiger charge is -2.24. The van der Waals surface area contributed by atoms with Crippen molar-refractivity contribution in [1.29, 1.82) is 0 Å². The highest BCUT2D eigenvalue weighted by atomic mass is 16.5. The Morgan fingerprint density at radius 3 is 3.00 bits per heavy atom. The standard InChI is InChI=1S/C18H19N5O2/c24-18-6-5-17(15-3-1-7-19-10-15)21-23(18)12-16-4-2-8-22(16)11-14-9-20-25-13-14/h1,3,5-7,9-10,13,16H,2,4,8,11-12H2. The third-order valence-electron chi connectivity index (χ3n) is 4.58. The maximum absolute atomic E-state index is 12.3. The fourth-order valence-electron chi connectivity index (χ4n) is 3.30. The molecule has 3 aromatic heterocycles. The summed E-state index contributed by atoms with van der Waals surface area (Å²) in [6.45, 7) is 2.37. The average molecular weight is 337 g/mol. The van der Waals surface area contributed by atoms with E-state index in [-0.39, 0.29) is 11.6 Å². The topological polar surface area (TPSA) is 77.1 Å². The van der Waals surface area contributed by atoms with Crippen LogP contribution in [0.4, 0.5) is 0 Å². The Morgan fingerprint density at radius 2 is 2.20 bits per heavy atom. The van der Waals surface area contributed by atoms with Crippen LogP contribution in [0.25, 0.3) is 11.3 Å². The van der Waals surface area contributed by atoms with Crippen molar-refractivity contribution >= 4 is 0 Å². The van der Waals surface area contributed by atoms with E-state index in [1.165, 1.54) is 0 Å². The SMILES string of the molecule is O=c1ccc(-c2cccnc2)nn1CC1CCCN1Cc1cnoc1. The highest BCUT2D eigenvalue weighted by Crippen LogP contribution is 2.21. The van der Waals surface area contributed by atoms with Gasteiger partial charge in [0.2, 0.25) is 0 Å². The average Bonchev–Trinajstić information content (AvgIpc) is 3.31. The minimum absolute atomic E-state index is 0.0792. The van der Waals surface area contributed by atoms with E-state index in [0.29, 0.717) is 6.54 Å². The molecule has 7 nitrogen and oxygen atoms in total. The predicted molar refractivity (Wildman–Crippen MR) is 91.7 cm³/mol. The summed E-state index contributed by atoms with van der Waals surface area (Å²) in [5, 5.41) is 8.30. The van der Waals surface area contributed by atoms with Gasteiger partial charge < -0.3 is 4.52 Å². The second kappa shape index (κ2) is 6.98. The molecule has 4 heterocycles. The van der Waals surface area contributed by atoms with Crippen LogP contribution < -0.4 is 5.56 Å². The molecular weight excluding hydrogens is 318 g/mol. The van der Waals surface area contributed by atoms with Gasteiger partial charge in [-0.3, -0.25) is 14.7 Å². The minimum Gasteiger partial charge on any atom is -0.364 e. The van der Waals surface area contributed by atoms with Crippen molar-refractivity contribution in [2.75, 3.05) is 6.54 Å². The lowest BCUT2D eigenvalue weighted by Crippen LogP contribution is -2.36. The Bertz CT molecular complexity index is 876. The van der Waals surface area contributed by atoms with Gasteiger partial charge in [-0.15, -0.1) is 0 Å². The van der Waals surface area contributed by atoms with Crippen LogP contribution in [-0.4, -0.2) is 37.4 Å². The zero-order chi connectivity index (χ0) is 17.1. The van der Waals surface area contributed by atoms with Crippen LogP contribution >= 0.6 is 0 Å². The zero-order valence-corrected chi connectivity index (χ0v) is 13.8. The molecule has 1 fully saturated rings. The normalized spacial score (nSPS) is 17.8. The first-order chi connectivity index (χ1) is 12.3. The largest absolute Gasteiger partial charge is 0.364 e. The molecule has 0 bridgehead atoms. The molecule has 1 aliphatic heterocycles. The van der Waals surface area contributed by atoms with Crippen molar-refractivity contribution in [3.05, 3.63) is 65.0 Å². The summed E-state index contributed by atoms with van der Waals surface area (Å²) in [4.78, 5) is 18.7.